The van der Waals surface area contributed by atoms with Gasteiger partial charge in [0.05, 0.1) is 13.1 Å². The highest BCUT2D eigenvalue weighted by Crippen LogP contribution is 2.27. The molecule has 0 unspecified atom stereocenters. The maximum atomic E-state index is 13.6. The number of hydrogen-bond donors (Lipinski definition) is 1. The molecule has 0 aliphatic carbocycles. The maximum absolute atomic E-state index is 13.6. The second kappa shape index (κ2) is 9.36. The Morgan fingerprint density at radius 3 is 2.30 bits per heavy atom. The van der Waals surface area contributed by atoms with E-state index in [0.717, 1.165) is 44.8 Å². The van der Waals surface area contributed by atoms with E-state index in [1.54, 1.807) is 18.2 Å². The molecule has 0 aromatic heterocycles. The molecule has 0 spiro atoms. The van der Waals surface area contributed by atoms with Crippen molar-refractivity contribution in [3.05, 3.63) is 65.5 Å². The molecule has 30 heavy (non-hydrogen) atoms. The second-order valence-corrected chi connectivity index (χ2v) is 7.84. The number of para-hydroxylation sites is 1. The molecule has 0 radical (unpaired) electrons. The molecule has 0 saturated carbocycles. The smallest absolute Gasteiger partial charge is 0.241 e. The summed E-state index contributed by atoms with van der Waals surface area (Å²) in [4.78, 5) is 31.1. The number of fused-ring (bicyclic) bond motifs is 1. The van der Waals surface area contributed by atoms with Crippen molar-refractivity contribution in [2.24, 2.45) is 0 Å². The fraction of sp³-hybridized carbons (Fsp3) is 0.391. The number of anilines is 1. The minimum Gasteiger partial charge on any atom is -0.351 e. The summed E-state index contributed by atoms with van der Waals surface area (Å²) in [5, 5.41) is 2.78. The first-order valence-electron chi connectivity index (χ1n) is 10.4. The highest BCUT2D eigenvalue weighted by molar-refractivity contribution is 5.96. The van der Waals surface area contributed by atoms with Gasteiger partial charge in [-0.3, -0.25) is 19.4 Å². The number of nitrogens with one attached hydrogen (secondary N) is 1. The van der Waals surface area contributed by atoms with Crippen molar-refractivity contribution in [2.45, 2.75) is 13.0 Å². The minimum absolute atomic E-state index is 0.114. The molecule has 0 atom stereocenters. The van der Waals surface area contributed by atoms with Crippen LogP contribution < -0.4 is 10.2 Å². The molecule has 2 aliphatic heterocycles. The van der Waals surface area contributed by atoms with Gasteiger partial charge in [0.1, 0.15) is 5.82 Å². The van der Waals surface area contributed by atoms with Crippen LogP contribution in [0.1, 0.15) is 11.1 Å². The molecule has 4 rings (SSSR count). The molecule has 158 valence electrons. The van der Waals surface area contributed by atoms with Crippen molar-refractivity contribution in [1.29, 1.82) is 0 Å². The first-order valence-corrected chi connectivity index (χ1v) is 10.4. The van der Waals surface area contributed by atoms with Crippen LogP contribution in [0.4, 0.5) is 10.1 Å². The van der Waals surface area contributed by atoms with Crippen molar-refractivity contribution < 1.29 is 14.0 Å². The van der Waals surface area contributed by atoms with Crippen LogP contribution >= 0.6 is 0 Å². The van der Waals surface area contributed by atoms with E-state index >= 15 is 0 Å². The van der Waals surface area contributed by atoms with E-state index in [9.17, 15) is 14.0 Å². The first kappa shape index (κ1) is 20.5. The summed E-state index contributed by atoms with van der Waals surface area (Å²) in [7, 11) is 0. The van der Waals surface area contributed by atoms with Gasteiger partial charge in [0, 0.05) is 50.5 Å². The summed E-state index contributed by atoms with van der Waals surface area (Å²) in [6, 6.07) is 14.5. The number of nitrogens with zero attached hydrogens (tertiary/aromatic N) is 3. The van der Waals surface area contributed by atoms with E-state index in [0.29, 0.717) is 12.1 Å². The van der Waals surface area contributed by atoms with E-state index in [-0.39, 0.29) is 30.7 Å². The van der Waals surface area contributed by atoms with Gasteiger partial charge in [0.15, 0.2) is 0 Å². The summed E-state index contributed by atoms with van der Waals surface area (Å²) < 4.78 is 13.6. The summed E-state index contributed by atoms with van der Waals surface area (Å²) in [6.07, 6.45) is 0.914. The average molecular weight is 410 g/mol. The van der Waals surface area contributed by atoms with Crippen molar-refractivity contribution in [1.82, 2.24) is 15.1 Å². The van der Waals surface area contributed by atoms with Crippen molar-refractivity contribution in [2.75, 3.05) is 50.7 Å². The van der Waals surface area contributed by atoms with E-state index in [4.69, 9.17) is 0 Å². The molecule has 2 aromatic carbocycles. The van der Waals surface area contributed by atoms with Crippen LogP contribution in [0.2, 0.25) is 0 Å². The average Bonchev–Trinajstić information content (AvgIpc) is 3.19. The Balaban J connectivity index is 1.19. The first-order chi connectivity index (χ1) is 14.6. The van der Waals surface area contributed by atoms with Gasteiger partial charge in [-0.15, -0.1) is 0 Å². The third-order valence-corrected chi connectivity index (χ3v) is 5.81. The summed E-state index contributed by atoms with van der Waals surface area (Å²) in [5.74, 6) is -0.288. The number of piperazine rings is 1. The van der Waals surface area contributed by atoms with E-state index in [1.807, 2.05) is 23.1 Å². The molecule has 2 heterocycles. The van der Waals surface area contributed by atoms with Crippen LogP contribution in [0.3, 0.4) is 0 Å². The number of hydrogen-bond acceptors (Lipinski definition) is 4. The van der Waals surface area contributed by atoms with Gasteiger partial charge >= 0.3 is 0 Å². The molecule has 2 aromatic rings. The van der Waals surface area contributed by atoms with E-state index in [2.05, 4.69) is 21.2 Å². The lowest BCUT2D eigenvalue weighted by Crippen LogP contribution is -2.51. The maximum Gasteiger partial charge on any atom is 0.241 e. The van der Waals surface area contributed by atoms with Gasteiger partial charge < -0.3 is 10.2 Å². The fourth-order valence-corrected chi connectivity index (χ4v) is 4.07. The number of amides is 2. The van der Waals surface area contributed by atoms with Crippen molar-refractivity contribution in [3.63, 3.8) is 0 Å². The SMILES string of the molecule is O=C(CN1CCN(CC(=O)N2CCc3ccccc32)CC1)NCc1ccccc1F. The Bertz CT molecular complexity index is 912. The second-order valence-electron chi connectivity index (χ2n) is 7.84. The minimum atomic E-state index is -0.309. The lowest BCUT2D eigenvalue weighted by molar-refractivity contribution is -0.124. The molecule has 7 heteroatoms. The summed E-state index contributed by atoms with van der Waals surface area (Å²) in [5.41, 5.74) is 2.75. The predicted molar refractivity (Wildman–Crippen MR) is 114 cm³/mol. The van der Waals surface area contributed by atoms with Crippen LogP contribution in [0.5, 0.6) is 0 Å². The van der Waals surface area contributed by atoms with Crippen LogP contribution in [-0.2, 0) is 22.6 Å². The predicted octanol–water partition coefficient (Wildman–Crippen LogP) is 1.65. The van der Waals surface area contributed by atoms with Gasteiger partial charge in [-0.05, 0) is 24.1 Å². The number of rotatable bonds is 6. The Labute approximate surface area is 176 Å². The number of halogens is 1. The third kappa shape index (κ3) is 4.86. The van der Waals surface area contributed by atoms with Gasteiger partial charge in [-0.25, -0.2) is 4.39 Å². The Kier molecular flexibility index (Phi) is 6.40. The lowest BCUT2D eigenvalue weighted by atomic mass is 10.2. The van der Waals surface area contributed by atoms with Gasteiger partial charge in [-0.1, -0.05) is 36.4 Å². The Morgan fingerprint density at radius 1 is 0.867 bits per heavy atom. The normalized spacial score (nSPS) is 17.0. The number of benzene rings is 2. The van der Waals surface area contributed by atoms with Crippen molar-refractivity contribution in [3.8, 4) is 0 Å². The Hall–Kier alpha value is -2.77. The third-order valence-electron chi connectivity index (χ3n) is 5.81. The number of carbonyl (C=O) groups excluding carboxylic acids is 2. The monoisotopic (exact) mass is 410 g/mol. The van der Waals surface area contributed by atoms with Crippen LogP contribution in [0.25, 0.3) is 0 Å². The fourth-order valence-electron chi connectivity index (χ4n) is 4.07. The highest BCUT2D eigenvalue weighted by Gasteiger charge is 2.27. The van der Waals surface area contributed by atoms with Gasteiger partial charge in [0.25, 0.3) is 0 Å². The molecule has 2 aliphatic rings. The molecular weight excluding hydrogens is 383 g/mol. The zero-order chi connectivity index (χ0) is 20.9. The Morgan fingerprint density at radius 2 is 1.53 bits per heavy atom. The molecule has 1 saturated heterocycles. The quantitative estimate of drug-likeness (QED) is 0.787. The van der Waals surface area contributed by atoms with Gasteiger partial charge in [0.2, 0.25) is 11.8 Å². The molecule has 6 nitrogen and oxygen atoms in total. The van der Waals surface area contributed by atoms with Crippen LogP contribution in [0, 0.1) is 5.82 Å². The number of carbonyl (C=O) groups is 2. The standard InChI is InChI=1S/C23H27FN4O2/c24-20-7-3-1-6-19(20)15-25-22(29)16-26-11-13-27(14-12-26)17-23(30)28-10-9-18-5-2-4-8-21(18)28/h1-8H,9-17H2,(H,25,29). The zero-order valence-electron chi connectivity index (χ0n) is 17.0. The van der Waals surface area contributed by atoms with Crippen LogP contribution in [0.15, 0.2) is 48.5 Å². The highest BCUT2D eigenvalue weighted by atomic mass is 19.1. The molecule has 1 fully saturated rings. The molecular formula is C23H27FN4O2. The molecule has 0 bridgehead atoms. The summed E-state index contributed by atoms with van der Waals surface area (Å²) >= 11 is 0. The molecule has 2 amide bonds. The van der Waals surface area contributed by atoms with Crippen molar-refractivity contribution >= 4 is 17.5 Å². The topological polar surface area (TPSA) is 55.9 Å². The zero-order valence-corrected chi connectivity index (χ0v) is 17.0. The van der Waals surface area contributed by atoms with Crippen LogP contribution in [-0.4, -0.2) is 67.4 Å². The lowest BCUT2D eigenvalue weighted by Gasteiger charge is -2.34. The molecule has 1 N–H and O–H groups in total. The van der Waals surface area contributed by atoms with Gasteiger partial charge in [-0.2, -0.15) is 0 Å². The van der Waals surface area contributed by atoms with E-state index < -0.39 is 0 Å². The summed E-state index contributed by atoms with van der Waals surface area (Å²) in [6.45, 7) is 4.60. The largest absolute Gasteiger partial charge is 0.351 e. The van der Waals surface area contributed by atoms with E-state index in [1.165, 1.54) is 11.6 Å².